The summed E-state index contributed by atoms with van der Waals surface area (Å²) < 4.78 is 7.06. The van der Waals surface area contributed by atoms with Gasteiger partial charge in [0, 0.05) is 32.1 Å². The van der Waals surface area contributed by atoms with Crippen molar-refractivity contribution in [2.75, 3.05) is 37.4 Å². The van der Waals surface area contributed by atoms with Crippen LogP contribution in [0.25, 0.3) is 0 Å². The zero-order valence-corrected chi connectivity index (χ0v) is 17.2. The van der Waals surface area contributed by atoms with Crippen LogP contribution in [-0.2, 0) is 4.79 Å². The summed E-state index contributed by atoms with van der Waals surface area (Å²) in [5.74, 6) is 1.29. The molecular formula is C19H27ClN6O3. The maximum atomic E-state index is 12.4. The van der Waals surface area contributed by atoms with Gasteiger partial charge in [-0.1, -0.05) is 12.1 Å². The minimum atomic E-state index is -0.373. The highest BCUT2D eigenvalue weighted by molar-refractivity contribution is 6.00. The molecule has 0 aliphatic carbocycles. The highest BCUT2D eigenvalue weighted by Crippen LogP contribution is 2.26. The van der Waals surface area contributed by atoms with E-state index in [2.05, 4.69) is 15.7 Å². The minimum absolute atomic E-state index is 0. The van der Waals surface area contributed by atoms with Gasteiger partial charge in [-0.25, -0.2) is 9.48 Å². The number of likely N-dealkylation sites (tertiary alicyclic amines) is 1. The molecule has 3 rings (SSSR count). The van der Waals surface area contributed by atoms with Crippen molar-refractivity contribution in [1.29, 1.82) is 0 Å². The van der Waals surface area contributed by atoms with Crippen molar-refractivity contribution < 1.29 is 14.3 Å². The molecule has 0 radical (unpaired) electrons. The van der Waals surface area contributed by atoms with Crippen molar-refractivity contribution in [2.24, 2.45) is 5.73 Å². The average Bonchev–Trinajstić information content (AvgIpc) is 3.16. The van der Waals surface area contributed by atoms with Gasteiger partial charge in [-0.05, 0) is 25.0 Å². The van der Waals surface area contributed by atoms with Gasteiger partial charge in [0.15, 0.2) is 0 Å². The summed E-state index contributed by atoms with van der Waals surface area (Å²) >= 11 is 0. The fraction of sp³-hybridized carbons (Fsp3) is 0.421. The molecule has 0 atom stereocenters. The average molecular weight is 423 g/mol. The van der Waals surface area contributed by atoms with Crippen LogP contribution in [0.15, 0.2) is 36.5 Å². The van der Waals surface area contributed by atoms with Gasteiger partial charge in [0.1, 0.15) is 11.6 Å². The van der Waals surface area contributed by atoms with Crippen molar-refractivity contribution in [2.45, 2.75) is 25.3 Å². The second-order valence-corrected chi connectivity index (χ2v) is 6.59. The van der Waals surface area contributed by atoms with Gasteiger partial charge in [0.25, 0.3) is 0 Å². The van der Waals surface area contributed by atoms with E-state index in [-0.39, 0.29) is 30.4 Å². The summed E-state index contributed by atoms with van der Waals surface area (Å²) in [6, 6.07) is 8.71. The number of carbonyl (C=O) groups is 2. The predicted octanol–water partition coefficient (Wildman–Crippen LogP) is 2.47. The molecule has 0 unspecified atom stereocenters. The van der Waals surface area contributed by atoms with E-state index < -0.39 is 0 Å². The first-order chi connectivity index (χ1) is 13.6. The smallest absolute Gasteiger partial charge is 0.324 e. The van der Waals surface area contributed by atoms with Crippen molar-refractivity contribution in [1.82, 2.24) is 14.7 Å². The van der Waals surface area contributed by atoms with E-state index in [0.29, 0.717) is 43.3 Å². The molecule has 9 nitrogen and oxygen atoms in total. The second kappa shape index (κ2) is 10.7. The first kappa shape index (κ1) is 22.5. The zero-order valence-electron chi connectivity index (χ0n) is 16.3. The van der Waals surface area contributed by atoms with Crippen LogP contribution in [0.1, 0.15) is 25.3 Å². The Bertz CT molecular complexity index is 820. The number of anilines is 2. The molecule has 3 amide bonds. The van der Waals surface area contributed by atoms with E-state index in [4.69, 9.17) is 10.5 Å². The number of nitrogens with zero attached hydrogens (tertiary/aromatic N) is 3. The second-order valence-electron chi connectivity index (χ2n) is 6.59. The third-order valence-electron chi connectivity index (χ3n) is 4.79. The number of urea groups is 1. The molecule has 1 fully saturated rings. The lowest BCUT2D eigenvalue weighted by atomic mass is 10.0. The Morgan fingerprint density at radius 3 is 2.62 bits per heavy atom. The first-order valence-electron chi connectivity index (χ1n) is 9.34. The number of rotatable bonds is 6. The van der Waals surface area contributed by atoms with Gasteiger partial charge in [0.05, 0.1) is 25.0 Å². The molecule has 1 aromatic heterocycles. The molecule has 10 heteroatoms. The fourth-order valence-electron chi connectivity index (χ4n) is 3.36. The van der Waals surface area contributed by atoms with Gasteiger partial charge in [-0.15, -0.1) is 12.4 Å². The van der Waals surface area contributed by atoms with Crippen LogP contribution in [0.2, 0.25) is 0 Å². The van der Waals surface area contributed by atoms with Crippen LogP contribution >= 0.6 is 12.4 Å². The van der Waals surface area contributed by atoms with Crippen LogP contribution in [0, 0.1) is 0 Å². The Balaban J connectivity index is 0.00000300. The number of piperidine rings is 1. The maximum absolute atomic E-state index is 12.4. The maximum Gasteiger partial charge on any atom is 0.324 e. The van der Waals surface area contributed by atoms with Gasteiger partial charge in [0.2, 0.25) is 5.91 Å². The SMILES string of the molecule is COc1ccccc1NC(=O)Nc1ccnn1C1CCN(C(=O)CCN)CC1.Cl. The van der Waals surface area contributed by atoms with E-state index in [1.165, 1.54) is 0 Å². The lowest BCUT2D eigenvalue weighted by Gasteiger charge is -2.32. The molecular weight excluding hydrogens is 396 g/mol. The number of ether oxygens (including phenoxy) is 1. The number of benzene rings is 1. The number of aromatic nitrogens is 2. The van der Waals surface area contributed by atoms with Crippen molar-refractivity contribution in [3.8, 4) is 5.75 Å². The highest BCUT2D eigenvalue weighted by Gasteiger charge is 2.25. The summed E-state index contributed by atoms with van der Waals surface area (Å²) in [6.45, 7) is 1.69. The molecule has 158 valence electrons. The van der Waals surface area contributed by atoms with E-state index >= 15 is 0 Å². The molecule has 2 aromatic rings. The van der Waals surface area contributed by atoms with Gasteiger partial charge in [-0.3, -0.25) is 10.1 Å². The Kier molecular flexibility index (Phi) is 8.29. The van der Waals surface area contributed by atoms with Crippen LogP contribution in [-0.4, -0.2) is 53.4 Å². The normalized spacial score (nSPS) is 14.1. The fourth-order valence-corrected chi connectivity index (χ4v) is 3.36. The van der Waals surface area contributed by atoms with Crippen molar-refractivity contribution in [3.63, 3.8) is 0 Å². The van der Waals surface area contributed by atoms with E-state index in [1.807, 2.05) is 21.7 Å². The van der Waals surface area contributed by atoms with Crippen molar-refractivity contribution in [3.05, 3.63) is 36.5 Å². The summed E-state index contributed by atoms with van der Waals surface area (Å²) in [5, 5.41) is 9.99. The largest absolute Gasteiger partial charge is 0.495 e. The molecule has 4 N–H and O–H groups in total. The van der Waals surface area contributed by atoms with Crippen LogP contribution in [0.5, 0.6) is 5.75 Å². The third-order valence-corrected chi connectivity index (χ3v) is 4.79. The summed E-state index contributed by atoms with van der Waals surface area (Å²) in [4.78, 5) is 26.2. The molecule has 0 bridgehead atoms. The molecule has 0 saturated carbocycles. The number of halogens is 1. The molecule has 29 heavy (non-hydrogen) atoms. The number of hydrogen-bond donors (Lipinski definition) is 3. The van der Waals surface area contributed by atoms with E-state index in [0.717, 1.165) is 12.8 Å². The Morgan fingerprint density at radius 2 is 1.93 bits per heavy atom. The van der Waals surface area contributed by atoms with Crippen LogP contribution < -0.4 is 21.1 Å². The first-order valence-corrected chi connectivity index (χ1v) is 9.34. The number of nitrogens with two attached hydrogens (primary N) is 1. The van der Waals surface area contributed by atoms with Gasteiger partial charge in [-0.2, -0.15) is 5.10 Å². The molecule has 0 spiro atoms. The van der Waals surface area contributed by atoms with Crippen molar-refractivity contribution >= 4 is 35.9 Å². The Morgan fingerprint density at radius 1 is 1.21 bits per heavy atom. The van der Waals surface area contributed by atoms with Gasteiger partial charge >= 0.3 is 6.03 Å². The Labute approximate surface area is 176 Å². The number of nitrogens with one attached hydrogen (secondary N) is 2. The minimum Gasteiger partial charge on any atom is -0.495 e. The number of amides is 3. The quantitative estimate of drug-likeness (QED) is 0.661. The molecule has 1 aliphatic rings. The monoisotopic (exact) mass is 422 g/mol. The topological polar surface area (TPSA) is 115 Å². The third kappa shape index (κ3) is 5.61. The standard InChI is InChI=1S/C19H26N6O3.ClH/c1-28-16-5-3-2-4-15(16)22-19(27)23-17-7-11-21-25(17)14-8-12-24(13-9-14)18(26)6-10-20;/h2-5,7,11,14H,6,8-10,12-13,20H2,1H3,(H2,22,23,27);1H. The van der Waals surface area contributed by atoms with E-state index in [1.54, 1.807) is 31.5 Å². The summed E-state index contributed by atoms with van der Waals surface area (Å²) in [5.41, 5.74) is 6.05. The van der Waals surface area contributed by atoms with Gasteiger partial charge < -0.3 is 20.7 Å². The Hall–Kier alpha value is -2.78. The molecule has 1 saturated heterocycles. The number of carbonyl (C=O) groups excluding carboxylic acids is 2. The summed E-state index contributed by atoms with van der Waals surface area (Å²) in [7, 11) is 1.55. The zero-order chi connectivity index (χ0) is 19.9. The van der Waals surface area contributed by atoms with E-state index in [9.17, 15) is 9.59 Å². The number of methoxy groups -OCH3 is 1. The lowest BCUT2D eigenvalue weighted by Crippen LogP contribution is -2.40. The summed E-state index contributed by atoms with van der Waals surface area (Å²) in [6.07, 6.45) is 3.59. The number of para-hydroxylation sites is 2. The van der Waals surface area contributed by atoms with Crippen LogP contribution in [0.4, 0.5) is 16.3 Å². The lowest BCUT2D eigenvalue weighted by molar-refractivity contribution is -0.132. The molecule has 1 aliphatic heterocycles. The predicted molar refractivity (Wildman–Crippen MR) is 114 cm³/mol. The van der Waals surface area contributed by atoms with Crippen LogP contribution in [0.3, 0.4) is 0 Å². The highest BCUT2D eigenvalue weighted by atomic mass is 35.5. The molecule has 2 heterocycles. The number of hydrogen-bond acceptors (Lipinski definition) is 5. The molecule has 1 aromatic carbocycles.